The molecule has 0 fully saturated rings. The van der Waals surface area contributed by atoms with E-state index in [1.54, 1.807) is 7.11 Å². The summed E-state index contributed by atoms with van der Waals surface area (Å²) in [5.41, 5.74) is 2.19. The molecule has 2 aromatic rings. The first kappa shape index (κ1) is 14.0. The zero-order valence-corrected chi connectivity index (χ0v) is 12.6. The summed E-state index contributed by atoms with van der Waals surface area (Å²) in [6.07, 6.45) is 1.82. The lowest BCUT2D eigenvalue weighted by Gasteiger charge is -2.18. The second kappa shape index (κ2) is 6.68. The van der Waals surface area contributed by atoms with Crippen molar-refractivity contribution in [3.63, 3.8) is 0 Å². The number of ether oxygens (including phenoxy) is 1. The molecule has 1 heterocycles. The van der Waals surface area contributed by atoms with Crippen LogP contribution in [-0.4, -0.2) is 18.6 Å². The minimum Gasteiger partial charge on any atom is -0.497 e. The van der Waals surface area contributed by atoms with Crippen LogP contribution in [0.3, 0.4) is 0 Å². The Bertz CT molecular complexity index is 511. The van der Waals surface area contributed by atoms with Crippen molar-refractivity contribution in [1.82, 2.24) is 10.3 Å². The summed E-state index contributed by atoms with van der Waals surface area (Å²) in [6.45, 7) is 2.98. The topological polar surface area (TPSA) is 34.1 Å². The molecule has 1 N–H and O–H groups in total. The highest BCUT2D eigenvalue weighted by atomic mass is 79.9. The zero-order valence-electron chi connectivity index (χ0n) is 11.1. The van der Waals surface area contributed by atoms with Crippen LogP contribution in [0.25, 0.3) is 0 Å². The molecule has 0 amide bonds. The first-order valence-electron chi connectivity index (χ1n) is 6.23. The van der Waals surface area contributed by atoms with Gasteiger partial charge in [-0.25, -0.2) is 0 Å². The van der Waals surface area contributed by atoms with Gasteiger partial charge in [-0.05, 0) is 52.3 Å². The molecular formula is C15H17BrN2O. The fourth-order valence-corrected chi connectivity index (χ4v) is 2.19. The van der Waals surface area contributed by atoms with E-state index in [1.165, 1.54) is 5.56 Å². The van der Waals surface area contributed by atoms with Crippen molar-refractivity contribution in [3.05, 3.63) is 58.3 Å². The Kier molecular flexibility index (Phi) is 4.93. The van der Waals surface area contributed by atoms with Gasteiger partial charge in [-0.1, -0.05) is 19.1 Å². The predicted octanol–water partition coefficient (Wildman–Crippen LogP) is 3.55. The number of pyridine rings is 1. The molecule has 0 aliphatic carbocycles. The number of hydrogen-bond donors (Lipinski definition) is 1. The smallest absolute Gasteiger partial charge is 0.118 e. The monoisotopic (exact) mass is 320 g/mol. The van der Waals surface area contributed by atoms with Gasteiger partial charge >= 0.3 is 0 Å². The first-order valence-corrected chi connectivity index (χ1v) is 7.02. The van der Waals surface area contributed by atoms with Crippen molar-refractivity contribution in [2.45, 2.75) is 13.0 Å². The van der Waals surface area contributed by atoms with Crippen LogP contribution in [0.2, 0.25) is 0 Å². The van der Waals surface area contributed by atoms with Crippen LogP contribution in [0.15, 0.2) is 47.1 Å². The van der Waals surface area contributed by atoms with E-state index in [0.717, 1.165) is 22.5 Å². The lowest BCUT2D eigenvalue weighted by molar-refractivity contribution is 0.414. The minimum atomic E-state index is 0.101. The van der Waals surface area contributed by atoms with Crippen molar-refractivity contribution in [3.8, 4) is 5.75 Å². The summed E-state index contributed by atoms with van der Waals surface area (Å²) in [6, 6.07) is 12.2. The molecular weight excluding hydrogens is 304 g/mol. The van der Waals surface area contributed by atoms with Crippen LogP contribution in [0.1, 0.15) is 24.2 Å². The Hall–Kier alpha value is -1.39. The SMILES string of the molecule is CCNC(c1ccc(OC)cc1)c1ccc(Br)cn1. The van der Waals surface area contributed by atoms with Gasteiger partial charge in [-0.2, -0.15) is 0 Å². The molecule has 19 heavy (non-hydrogen) atoms. The fourth-order valence-electron chi connectivity index (χ4n) is 1.95. The highest BCUT2D eigenvalue weighted by Gasteiger charge is 2.14. The van der Waals surface area contributed by atoms with Crippen LogP contribution in [0.5, 0.6) is 5.75 Å². The van der Waals surface area contributed by atoms with Crippen LogP contribution in [0.4, 0.5) is 0 Å². The number of nitrogens with zero attached hydrogens (tertiary/aromatic N) is 1. The summed E-state index contributed by atoms with van der Waals surface area (Å²) in [5.74, 6) is 0.864. The number of methoxy groups -OCH3 is 1. The van der Waals surface area contributed by atoms with Crippen molar-refractivity contribution in [2.24, 2.45) is 0 Å². The number of halogens is 1. The Morgan fingerprint density at radius 2 is 1.95 bits per heavy atom. The maximum Gasteiger partial charge on any atom is 0.118 e. The van der Waals surface area contributed by atoms with E-state index in [1.807, 2.05) is 30.5 Å². The largest absolute Gasteiger partial charge is 0.497 e. The second-order valence-corrected chi connectivity index (χ2v) is 5.08. The van der Waals surface area contributed by atoms with Crippen LogP contribution in [0, 0.1) is 0 Å². The average molecular weight is 321 g/mol. The van der Waals surface area contributed by atoms with Gasteiger partial charge in [0.2, 0.25) is 0 Å². The van der Waals surface area contributed by atoms with Crippen LogP contribution < -0.4 is 10.1 Å². The van der Waals surface area contributed by atoms with E-state index in [-0.39, 0.29) is 6.04 Å². The van der Waals surface area contributed by atoms with E-state index in [9.17, 15) is 0 Å². The van der Waals surface area contributed by atoms with Gasteiger partial charge in [0.05, 0.1) is 18.8 Å². The normalized spacial score (nSPS) is 12.2. The highest BCUT2D eigenvalue weighted by Crippen LogP contribution is 2.23. The molecule has 0 saturated heterocycles. The predicted molar refractivity (Wildman–Crippen MR) is 80.5 cm³/mol. The molecule has 100 valence electrons. The molecule has 0 radical (unpaired) electrons. The van der Waals surface area contributed by atoms with Gasteiger partial charge in [0.1, 0.15) is 5.75 Å². The van der Waals surface area contributed by atoms with Crippen LogP contribution >= 0.6 is 15.9 Å². The van der Waals surface area contributed by atoms with E-state index < -0.39 is 0 Å². The summed E-state index contributed by atoms with van der Waals surface area (Å²) in [7, 11) is 1.67. The third-order valence-corrected chi connectivity index (χ3v) is 3.37. The molecule has 1 unspecified atom stereocenters. The number of benzene rings is 1. The van der Waals surface area contributed by atoms with Gasteiger partial charge in [-0.3, -0.25) is 4.98 Å². The average Bonchev–Trinajstić information content (AvgIpc) is 2.46. The van der Waals surface area contributed by atoms with E-state index in [0.29, 0.717) is 0 Å². The van der Waals surface area contributed by atoms with E-state index in [2.05, 4.69) is 45.3 Å². The number of rotatable bonds is 5. The van der Waals surface area contributed by atoms with Crippen molar-refractivity contribution >= 4 is 15.9 Å². The molecule has 1 aromatic heterocycles. The Morgan fingerprint density at radius 3 is 2.47 bits per heavy atom. The van der Waals surface area contributed by atoms with Gasteiger partial charge in [0.25, 0.3) is 0 Å². The minimum absolute atomic E-state index is 0.101. The number of nitrogens with one attached hydrogen (secondary N) is 1. The standard InChI is InChI=1S/C15H17BrN2O/c1-3-17-15(14-9-6-12(16)10-18-14)11-4-7-13(19-2)8-5-11/h4-10,15,17H,3H2,1-2H3. The lowest BCUT2D eigenvalue weighted by Crippen LogP contribution is -2.22. The fraction of sp³-hybridized carbons (Fsp3) is 0.267. The Morgan fingerprint density at radius 1 is 1.21 bits per heavy atom. The first-order chi connectivity index (χ1) is 9.24. The molecule has 0 spiro atoms. The van der Waals surface area contributed by atoms with Gasteiger partial charge in [-0.15, -0.1) is 0 Å². The van der Waals surface area contributed by atoms with Crippen molar-refractivity contribution in [1.29, 1.82) is 0 Å². The van der Waals surface area contributed by atoms with E-state index in [4.69, 9.17) is 4.74 Å². The molecule has 1 atom stereocenters. The van der Waals surface area contributed by atoms with Gasteiger partial charge in [0.15, 0.2) is 0 Å². The molecule has 1 aromatic carbocycles. The number of hydrogen-bond acceptors (Lipinski definition) is 3. The van der Waals surface area contributed by atoms with Crippen molar-refractivity contribution in [2.75, 3.05) is 13.7 Å². The lowest BCUT2D eigenvalue weighted by atomic mass is 10.0. The van der Waals surface area contributed by atoms with Gasteiger partial charge < -0.3 is 10.1 Å². The van der Waals surface area contributed by atoms with Gasteiger partial charge in [0, 0.05) is 10.7 Å². The molecule has 3 nitrogen and oxygen atoms in total. The maximum atomic E-state index is 5.19. The Balaban J connectivity index is 2.30. The van der Waals surface area contributed by atoms with Crippen molar-refractivity contribution < 1.29 is 4.74 Å². The molecule has 0 aliphatic rings. The summed E-state index contributed by atoms with van der Waals surface area (Å²) in [5, 5.41) is 3.45. The van der Waals surface area contributed by atoms with Crippen LogP contribution in [-0.2, 0) is 0 Å². The quantitative estimate of drug-likeness (QED) is 0.914. The van der Waals surface area contributed by atoms with E-state index >= 15 is 0 Å². The maximum absolute atomic E-state index is 5.19. The molecule has 0 saturated carbocycles. The third-order valence-electron chi connectivity index (χ3n) is 2.90. The molecule has 0 aliphatic heterocycles. The second-order valence-electron chi connectivity index (χ2n) is 4.17. The zero-order chi connectivity index (χ0) is 13.7. The molecule has 0 bridgehead atoms. The highest BCUT2D eigenvalue weighted by molar-refractivity contribution is 9.10. The summed E-state index contributed by atoms with van der Waals surface area (Å²) < 4.78 is 6.18. The Labute approximate surface area is 122 Å². The number of aromatic nitrogens is 1. The summed E-state index contributed by atoms with van der Waals surface area (Å²) >= 11 is 3.41. The summed E-state index contributed by atoms with van der Waals surface area (Å²) in [4.78, 5) is 4.48. The third kappa shape index (κ3) is 3.55. The molecule has 2 rings (SSSR count). The molecule has 4 heteroatoms.